The fourth-order valence-electron chi connectivity index (χ4n) is 2.56. The minimum Gasteiger partial charge on any atom is -0.759 e. The summed E-state index contributed by atoms with van der Waals surface area (Å²) in [5.74, 6) is 0. The molecule has 0 bridgehead atoms. The number of ether oxygens (including phenoxy) is 3. The number of aliphatic hydroxyl groups is 7. The zero-order valence-electron chi connectivity index (χ0n) is 12.3. The molecule has 24 heavy (non-hydrogen) atoms. The van der Waals surface area contributed by atoms with Crippen LogP contribution in [0.2, 0.25) is 0 Å². The fraction of sp³-hybridized carbons (Fsp3) is 1.00. The Labute approximate surface area is 158 Å². The molecule has 10 atom stereocenters. The van der Waals surface area contributed by atoms with Gasteiger partial charge in [-0.1, -0.05) is 0 Å². The van der Waals surface area contributed by atoms with Crippen molar-refractivity contribution in [2.24, 2.45) is 0 Å². The molecule has 0 aliphatic carbocycles. The van der Waals surface area contributed by atoms with Crippen molar-refractivity contribution in [1.29, 1.82) is 0 Å². The first-order valence-corrected chi connectivity index (χ1v) is 7.53. The third-order valence-corrected chi connectivity index (χ3v) is 4.35. The van der Waals surface area contributed by atoms with Crippen molar-refractivity contribution in [3.63, 3.8) is 0 Å². The average Bonchev–Trinajstić information content (AvgIpc) is 2.55. The zero-order chi connectivity index (χ0) is 17.3. The predicted molar refractivity (Wildman–Crippen MR) is 73.8 cm³/mol. The molecule has 0 amide bonds. The minimum atomic E-state index is -1.68. The molecule has 0 aromatic carbocycles. The van der Waals surface area contributed by atoms with Gasteiger partial charge in [-0.25, -0.2) is 0 Å². The van der Waals surface area contributed by atoms with Crippen LogP contribution in [0, 0.1) is 0 Å². The van der Waals surface area contributed by atoms with Crippen LogP contribution in [0.4, 0.5) is 0 Å². The summed E-state index contributed by atoms with van der Waals surface area (Å²) in [6, 6.07) is 0. The normalized spacial score (nSPS) is 49.5. The van der Waals surface area contributed by atoms with E-state index in [1.165, 1.54) is 0 Å². The first-order valence-electron chi connectivity index (χ1n) is 7.06. The van der Waals surface area contributed by atoms with E-state index in [0.717, 1.165) is 0 Å². The Bertz CT molecular complexity index is 389. The van der Waals surface area contributed by atoms with E-state index in [2.05, 4.69) is 0 Å². The van der Waals surface area contributed by atoms with E-state index in [0.29, 0.717) is 0 Å². The Balaban J connectivity index is 0.00000288. The summed E-state index contributed by atoms with van der Waals surface area (Å²) in [5.41, 5.74) is -1.16. The molecule has 10 nitrogen and oxygen atoms in total. The van der Waals surface area contributed by atoms with Gasteiger partial charge in [0.05, 0.1) is 19.3 Å². The predicted octanol–water partition coefficient (Wildman–Crippen LogP) is -4.85. The summed E-state index contributed by atoms with van der Waals surface area (Å²) in [6.07, 6.45) is -13.0. The maximum atomic E-state index is 10.0. The van der Waals surface area contributed by atoms with Crippen LogP contribution in [0.1, 0.15) is 0 Å². The molecule has 2 saturated heterocycles. The van der Waals surface area contributed by atoms with Crippen LogP contribution >= 0.6 is 0 Å². The van der Waals surface area contributed by atoms with Crippen molar-refractivity contribution in [3.8, 4) is 0 Å². The van der Waals surface area contributed by atoms with E-state index in [4.69, 9.17) is 31.9 Å². The summed E-state index contributed by atoms with van der Waals surface area (Å²) in [6.45, 7) is -1.23. The van der Waals surface area contributed by atoms with Crippen molar-refractivity contribution >= 4 is 12.6 Å². The molecule has 0 radical (unpaired) electrons. The average molecular weight is 554 g/mol. The number of rotatable bonds is 4. The maximum absolute atomic E-state index is 10.0. The minimum absolute atomic E-state index is 0. The quantitative estimate of drug-likeness (QED) is 0.132. The first kappa shape index (κ1) is 22.7. The van der Waals surface area contributed by atoms with E-state index < -0.39 is 73.8 Å². The van der Waals surface area contributed by atoms with Gasteiger partial charge in [0.2, 0.25) is 0 Å². The van der Waals surface area contributed by atoms with Crippen LogP contribution in [0.3, 0.4) is 0 Å². The summed E-state index contributed by atoms with van der Waals surface area (Å²) in [7, 11) is 0. The monoisotopic (exact) mass is 554 g/mol. The number of hydrogen-bond acceptors (Lipinski definition) is 11. The molecular weight excluding hydrogens is 533 g/mol. The van der Waals surface area contributed by atoms with Gasteiger partial charge in [0.15, 0.2) is 6.29 Å². The molecule has 0 spiro atoms. The number of aliphatic hydroxyl groups excluding tert-OH is 7. The molecule has 0 aromatic rings. The van der Waals surface area contributed by atoms with Gasteiger partial charge in [0.1, 0.15) is 42.7 Å². The molecule has 2 fully saturated rings. The third kappa shape index (κ3) is 4.50. The molecule has 2 aliphatic heterocycles. The van der Waals surface area contributed by atoms with Crippen LogP contribution in [-0.4, -0.2) is 110 Å². The Morgan fingerprint density at radius 2 is 1.33 bits per heavy atom. The van der Waals surface area contributed by atoms with Crippen molar-refractivity contribution in [3.05, 3.63) is 0 Å². The smallest absolute Gasteiger partial charge is 0.759 e. The van der Waals surface area contributed by atoms with Crippen LogP contribution < -0.4 is 0 Å². The third-order valence-electron chi connectivity index (χ3n) is 3.96. The van der Waals surface area contributed by atoms with Crippen molar-refractivity contribution in [2.45, 2.75) is 60.6 Å². The van der Waals surface area contributed by atoms with Crippen molar-refractivity contribution < 1.29 is 72.3 Å². The summed E-state index contributed by atoms with van der Waals surface area (Å²) < 4.78 is 15.6. The standard InChI is InChI=1S/C12H22O10S.Au/c13-1-3-5(15)6(16)8(18)11(20-3)22-10-4(2-14)21-12(23)9(19)7(10)17;/h3-19,23H,1-2H2;/q;+1/p-1/t3?,4?,5-,6+,7-,8?,9?,10-,11-,12+;/m1./s1. The number of hydrogen-bond donors (Lipinski definition) is 7. The Kier molecular flexibility index (Phi) is 9.07. The van der Waals surface area contributed by atoms with Gasteiger partial charge in [0, 0.05) is 0 Å². The molecular formula is C12H21AuO10S. The second kappa shape index (κ2) is 9.58. The Morgan fingerprint density at radius 3 is 1.88 bits per heavy atom. The molecule has 2 aliphatic rings. The van der Waals surface area contributed by atoms with E-state index in [9.17, 15) is 30.6 Å². The van der Waals surface area contributed by atoms with Gasteiger partial charge in [-0.3, -0.25) is 0 Å². The van der Waals surface area contributed by atoms with Crippen molar-refractivity contribution in [2.75, 3.05) is 13.2 Å². The molecule has 7 N–H and O–H groups in total. The van der Waals surface area contributed by atoms with Crippen LogP contribution in [0.25, 0.3) is 0 Å². The SMILES string of the molecule is OCC1O[C@H](O[C@@H]2C(CO)O[C@@H]([S-])C(O)[C@H]2O)C(O)[C@@H](O)[C@@H]1O.[Au+]. The molecule has 0 saturated carbocycles. The molecule has 2 rings (SSSR count). The van der Waals surface area contributed by atoms with Gasteiger partial charge in [-0.15, -0.1) is 0 Å². The molecule has 2 heterocycles. The van der Waals surface area contributed by atoms with Gasteiger partial charge < -0.3 is 62.6 Å². The van der Waals surface area contributed by atoms with Gasteiger partial charge in [-0.05, 0) is 5.44 Å². The summed E-state index contributed by atoms with van der Waals surface area (Å²) in [5, 5.41) is 67.5. The van der Waals surface area contributed by atoms with Crippen LogP contribution in [0.5, 0.6) is 0 Å². The fourth-order valence-corrected chi connectivity index (χ4v) is 2.86. The van der Waals surface area contributed by atoms with E-state index >= 15 is 0 Å². The van der Waals surface area contributed by atoms with E-state index in [1.54, 1.807) is 0 Å². The Morgan fingerprint density at radius 1 is 0.750 bits per heavy atom. The molecule has 4 unspecified atom stereocenters. The summed E-state index contributed by atoms with van der Waals surface area (Å²) in [4.78, 5) is 0. The molecule has 146 valence electrons. The maximum Gasteiger partial charge on any atom is 1.00 e. The van der Waals surface area contributed by atoms with Crippen LogP contribution in [-0.2, 0) is 49.2 Å². The second-order valence-electron chi connectivity index (χ2n) is 5.50. The van der Waals surface area contributed by atoms with Gasteiger partial charge >= 0.3 is 22.4 Å². The van der Waals surface area contributed by atoms with Gasteiger partial charge in [-0.2, -0.15) is 0 Å². The van der Waals surface area contributed by atoms with E-state index in [1.807, 2.05) is 0 Å². The topological polar surface area (TPSA) is 169 Å². The first-order chi connectivity index (χ1) is 10.8. The van der Waals surface area contributed by atoms with Crippen molar-refractivity contribution in [1.82, 2.24) is 0 Å². The van der Waals surface area contributed by atoms with Crippen LogP contribution in [0.15, 0.2) is 0 Å². The Hall–Kier alpha value is 0.690. The van der Waals surface area contributed by atoms with Gasteiger partial charge in [0.25, 0.3) is 0 Å². The molecule has 12 heteroatoms. The molecule has 0 aromatic heterocycles. The summed E-state index contributed by atoms with van der Waals surface area (Å²) >= 11 is 4.80. The second-order valence-corrected chi connectivity index (χ2v) is 5.97. The zero-order valence-corrected chi connectivity index (χ0v) is 15.2. The van der Waals surface area contributed by atoms with E-state index in [-0.39, 0.29) is 22.4 Å². The largest absolute Gasteiger partial charge is 1.00 e.